The van der Waals surface area contributed by atoms with Crippen molar-refractivity contribution in [1.82, 2.24) is 0 Å². The molecule has 4 heterocycles. The maximum Gasteiger partial charge on any atom is 0.304 e. The summed E-state index contributed by atoms with van der Waals surface area (Å²) in [6.07, 6.45) is 2.78. The topological polar surface area (TPSA) is 63.2 Å². The zero-order chi connectivity index (χ0) is 16.4. The Morgan fingerprint density at radius 1 is 1.13 bits per heavy atom. The van der Waals surface area contributed by atoms with Crippen LogP contribution in [0.5, 0.6) is 0 Å². The highest BCUT2D eigenvalue weighted by molar-refractivity contribution is 5.66. The van der Waals surface area contributed by atoms with Gasteiger partial charge in [0.05, 0.1) is 0 Å². The molecule has 0 N–H and O–H groups in total. The number of rotatable bonds is 1. The van der Waals surface area contributed by atoms with Crippen molar-refractivity contribution in [2.75, 3.05) is 0 Å². The lowest BCUT2D eigenvalue weighted by atomic mass is 9.58. The van der Waals surface area contributed by atoms with Crippen LogP contribution in [0.3, 0.4) is 0 Å². The Morgan fingerprint density at radius 2 is 1.91 bits per heavy atom. The molecule has 1 saturated carbocycles. The summed E-state index contributed by atoms with van der Waals surface area (Å²) in [5, 5.41) is 0. The zero-order valence-corrected chi connectivity index (χ0v) is 14.2. The van der Waals surface area contributed by atoms with Crippen LogP contribution >= 0.6 is 0 Å². The van der Waals surface area contributed by atoms with Crippen LogP contribution in [0.25, 0.3) is 0 Å². The predicted molar refractivity (Wildman–Crippen MR) is 78.6 cm³/mol. The van der Waals surface area contributed by atoms with Crippen molar-refractivity contribution in [3.05, 3.63) is 0 Å². The second-order valence-electron chi connectivity index (χ2n) is 7.88. The Morgan fingerprint density at radius 3 is 2.65 bits per heavy atom. The van der Waals surface area contributed by atoms with Crippen molar-refractivity contribution >= 4 is 5.97 Å². The highest BCUT2D eigenvalue weighted by atomic mass is 17.3. The number of fused-ring (bicyclic) bond motifs is 2. The first-order valence-corrected chi connectivity index (χ1v) is 8.73. The van der Waals surface area contributed by atoms with Gasteiger partial charge in [-0.25, -0.2) is 9.78 Å². The molecule has 23 heavy (non-hydrogen) atoms. The highest BCUT2D eigenvalue weighted by Crippen LogP contribution is 2.60. The van der Waals surface area contributed by atoms with Gasteiger partial charge >= 0.3 is 5.97 Å². The van der Waals surface area contributed by atoms with Crippen molar-refractivity contribution in [2.24, 2.45) is 23.7 Å². The lowest BCUT2D eigenvalue weighted by Gasteiger charge is -2.59. The third-order valence-electron chi connectivity index (χ3n) is 6.38. The predicted octanol–water partition coefficient (Wildman–Crippen LogP) is 2.76. The number of hydrogen-bond donors (Lipinski definition) is 0. The standard InChI is InChI=1S/C17H26O6/c1-9-5-6-13-10(2)14(19-11(3)18)20-15-17(13)12(9)7-8-16(4,21-15)22-23-17/h9-10,12-15H,5-8H2,1-4H3/t9-,10-,12+,13+,14?,15-,16+,17-/m1/s1. The molecule has 5 aliphatic rings. The maximum absolute atomic E-state index is 11.4. The molecule has 1 unspecified atom stereocenters. The Bertz CT molecular complexity index is 509. The largest absolute Gasteiger partial charge is 0.436 e. The van der Waals surface area contributed by atoms with Crippen molar-refractivity contribution in [3.8, 4) is 0 Å². The van der Waals surface area contributed by atoms with E-state index < -0.39 is 24.0 Å². The molecule has 1 spiro atoms. The van der Waals surface area contributed by atoms with Gasteiger partial charge in [0, 0.05) is 25.2 Å². The van der Waals surface area contributed by atoms with Crippen LogP contribution in [0.4, 0.5) is 0 Å². The number of ether oxygens (including phenoxy) is 3. The number of hydrogen-bond acceptors (Lipinski definition) is 6. The Labute approximate surface area is 136 Å². The first-order chi connectivity index (χ1) is 10.9. The van der Waals surface area contributed by atoms with E-state index in [1.54, 1.807) is 0 Å². The van der Waals surface area contributed by atoms with Gasteiger partial charge in [0.15, 0.2) is 11.9 Å². The Balaban J connectivity index is 1.74. The molecule has 4 aliphatic heterocycles. The molecule has 1 aliphatic carbocycles. The molecule has 2 bridgehead atoms. The molecule has 0 aromatic heterocycles. The minimum absolute atomic E-state index is 0.0415. The minimum Gasteiger partial charge on any atom is -0.436 e. The van der Waals surface area contributed by atoms with Gasteiger partial charge in [-0.15, -0.1) is 0 Å². The first kappa shape index (κ1) is 15.8. The van der Waals surface area contributed by atoms with Crippen molar-refractivity contribution in [3.63, 3.8) is 0 Å². The molecule has 5 fully saturated rings. The van der Waals surface area contributed by atoms with E-state index in [9.17, 15) is 4.79 Å². The molecule has 4 saturated heterocycles. The molecular formula is C17H26O6. The van der Waals surface area contributed by atoms with Gasteiger partial charge < -0.3 is 14.2 Å². The van der Waals surface area contributed by atoms with Gasteiger partial charge in [0.1, 0.15) is 0 Å². The molecule has 0 amide bonds. The van der Waals surface area contributed by atoms with Crippen molar-refractivity contribution in [2.45, 2.75) is 77.3 Å². The molecule has 8 atom stereocenters. The van der Waals surface area contributed by atoms with Crippen LogP contribution in [0, 0.1) is 23.7 Å². The van der Waals surface area contributed by atoms with Crippen molar-refractivity contribution in [1.29, 1.82) is 0 Å². The van der Waals surface area contributed by atoms with Gasteiger partial charge in [-0.1, -0.05) is 13.8 Å². The summed E-state index contributed by atoms with van der Waals surface area (Å²) in [6, 6.07) is 0. The van der Waals surface area contributed by atoms with E-state index in [-0.39, 0.29) is 17.8 Å². The van der Waals surface area contributed by atoms with Gasteiger partial charge in [-0.2, -0.15) is 0 Å². The highest BCUT2D eigenvalue weighted by Gasteiger charge is 2.69. The second kappa shape index (κ2) is 5.15. The Hall–Kier alpha value is -0.690. The number of carbonyl (C=O) groups excluding carboxylic acids is 1. The zero-order valence-electron chi connectivity index (χ0n) is 14.2. The van der Waals surface area contributed by atoms with E-state index in [4.69, 9.17) is 24.0 Å². The lowest BCUT2D eigenvalue weighted by Crippen LogP contribution is -2.70. The summed E-state index contributed by atoms with van der Waals surface area (Å²) >= 11 is 0. The third kappa shape index (κ3) is 2.18. The maximum atomic E-state index is 11.4. The Kier molecular flexibility index (Phi) is 3.54. The molecule has 0 aromatic rings. The first-order valence-electron chi connectivity index (χ1n) is 8.73. The summed E-state index contributed by atoms with van der Waals surface area (Å²) in [6.45, 7) is 7.64. The fraction of sp³-hybridized carbons (Fsp3) is 0.941. The molecular weight excluding hydrogens is 300 g/mol. The molecule has 0 radical (unpaired) electrons. The molecule has 5 rings (SSSR count). The summed E-state index contributed by atoms with van der Waals surface area (Å²) in [5.74, 6) is -0.0347. The van der Waals surface area contributed by atoms with Gasteiger partial charge in [0.25, 0.3) is 0 Å². The van der Waals surface area contributed by atoms with Gasteiger partial charge in [-0.05, 0) is 38.0 Å². The average molecular weight is 326 g/mol. The van der Waals surface area contributed by atoms with Crippen LogP contribution in [0.1, 0.15) is 53.4 Å². The fourth-order valence-corrected chi connectivity index (χ4v) is 5.17. The average Bonchev–Trinajstić information content (AvgIpc) is 2.70. The molecule has 0 aromatic carbocycles. The fourth-order valence-electron chi connectivity index (χ4n) is 5.17. The number of carbonyl (C=O) groups is 1. The summed E-state index contributed by atoms with van der Waals surface area (Å²) < 4.78 is 17.7. The normalized spacial score (nSPS) is 55.0. The lowest BCUT2D eigenvalue weighted by molar-refractivity contribution is -0.576. The van der Waals surface area contributed by atoms with Gasteiger partial charge in [-0.3, -0.25) is 4.79 Å². The van der Waals surface area contributed by atoms with Crippen molar-refractivity contribution < 1.29 is 28.8 Å². The van der Waals surface area contributed by atoms with Crippen LogP contribution < -0.4 is 0 Å². The van der Waals surface area contributed by atoms with Crippen LogP contribution in [-0.2, 0) is 28.8 Å². The number of esters is 1. The van der Waals surface area contributed by atoms with E-state index in [2.05, 4.69) is 13.8 Å². The van der Waals surface area contributed by atoms with E-state index >= 15 is 0 Å². The van der Waals surface area contributed by atoms with E-state index in [1.165, 1.54) is 6.92 Å². The molecule has 130 valence electrons. The quantitative estimate of drug-likeness (QED) is 0.545. The van der Waals surface area contributed by atoms with E-state index in [0.717, 1.165) is 25.7 Å². The second-order valence-corrected chi connectivity index (χ2v) is 7.88. The molecule has 6 nitrogen and oxygen atoms in total. The third-order valence-corrected chi connectivity index (χ3v) is 6.38. The van der Waals surface area contributed by atoms with E-state index in [1.807, 2.05) is 6.92 Å². The van der Waals surface area contributed by atoms with Gasteiger partial charge in [0.2, 0.25) is 12.1 Å². The van der Waals surface area contributed by atoms with Crippen LogP contribution in [-0.4, -0.2) is 29.9 Å². The van der Waals surface area contributed by atoms with E-state index in [0.29, 0.717) is 11.8 Å². The smallest absolute Gasteiger partial charge is 0.304 e. The summed E-state index contributed by atoms with van der Waals surface area (Å²) in [4.78, 5) is 23.2. The monoisotopic (exact) mass is 326 g/mol. The summed E-state index contributed by atoms with van der Waals surface area (Å²) in [7, 11) is 0. The minimum atomic E-state index is -0.793. The summed E-state index contributed by atoms with van der Waals surface area (Å²) in [5.41, 5.74) is -0.594. The van der Waals surface area contributed by atoms with Crippen LogP contribution in [0.2, 0.25) is 0 Å². The SMILES string of the molecule is CC(=O)OC1O[C@@H]2O[C@]3(C)CC[C@H]4[C@H](C)CC[C@@H]([C@H]1C)[C@@]24OO3. The van der Waals surface area contributed by atoms with Crippen LogP contribution in [0.15, 0.2) is 0 Å². The molecule has 6 heteroatoms.